The van der Waals surface area contributed by atoms with Gasteiger partial charge in [0.1, 0.15) is 6.04 Å². The van der Waals surface area contributed by atoms with E-state index in [2.05, 4.69) is 20.9 Å². The molecule has 28 heavy (non-hydrogen) atoms. The molecule has 1 aromatic carbocycles. The Bertz CT molecular complexity index is 845. The van der Waals surface area contributed by atoms with E-state index in [9.17, 15) is 14.4 Å². The van der Waals surface area contributed by atoms with Crippen molar-refractivity contribution in [1.29, 1.82) is 0 Å². The van der Waals surface area contributed by atoms with Crippen molar-refractivity contribution in [2.24, 2.45) is 5.92 Å². The molecule has 1 heterocycles. The van der Waals surface area contributed by atoms with Crippen LogP contribution in [0, 0.1) is 5.92 Å². The normalized spacial score (nSPS) is 12.9. The maximum Gasteiger partial charge on any atom is 0.248 e. The van der Waals surface area contributed by atoms with Gasteiger partial charge in [-0.1, -0.05) is 38.1 Å². The van der Waals surface area contributed by atoms with Gasteiger partial charge in [-0.2, -0.15) is 0 Å². The molecule has 2 aromatic rings. The molecule has 0 fully saturated rings. The highest BCUT2D eigenvalue weighted by Gasteiger charge is 2.23. The summed E-state index contributed by atoms with van der Waals surface area (Å²) in [5, 5.41) is 10.6. The third-order valence-electron chi connectivity index (χ3n) is 4.17. The van der Waals surface area contributed by atoms with Crippen molar-refractivity contribution in [2.45, 2.75) is 46.7 Å². The first kappa shape index (κ1) is 21.6. The van der Waals surface area contributed by atoms with E-state index in [1.54, 1.807) is 0 Å². The molecule has 2 unspecified atom stereocenters. The second-order valence-corrected chi connectivity index (χ2v) is 7.85. The monoisotopic (exact) mass is 402 g/mol. The second-order valence-electron chi connectivity index (χ2n) is 6.99. The Morgan fingerprint density at radius 3 is 2.11 bits per heavy atom. The highest BCUT2D eigenvalue weighted by atomic mass is 32.1. The van der Waals surface area contributed by atoms with Crippen molar-refractivity contribution in [3.63, 3.8) is 0 Å². The van der Waals surface area contributed by atoms with E-state index in [0.717, 1.165) is 16.8 Å². The van der Waals surface area contributed by atoms with Gasteiger partial charge in [-0.3, -0.25) is 14.4 Å². The summed E-state index contributed by atoms with van der Waals surface area (Å²) >= 11 is 1.33. The molecule has 7 nitrogen and oxygen atoms in total. The SMILES string of the molecule is CC(=O)NC(C)c1ccc(-c2csc(NC(=O)C(NC(C)=O)C(C)C)n2)cc1. The lowest BCUT2D eigenvalue weighted by Gasteiger charge is -2.20. The van der Waals surface area contributed by atoms with Crippen LogP contribution in [0.25, 0.3) is 11.3 Å². The number of nitrogens with zero attached hydrogens (tertiary/aromatic N) is 1. The van der Waals surface area contributed by atoms with E-state index in [1.165, 1.54) is 25.2 Å². The number of carbonyl (C=O) groups excluding carboxylic acids is 3. The Balaban J connectivity index is 2.08. The molecule has 2 rings (SSSR count). The Morgan fingerprint density at radius 1 is 0.964 bits per heavy atom. The third-order valence-corrected chi connectivity index (χ3v) is 4.93. The average Bonchev–Trinajstić information content (AvgIpc) is 3.07. The van der Waals surface area contributed by atoms with Crippen LogP contribution < -0.4 is 16.0 Å². The van der Waals surface area contributed by atoms with E-state index in [-0.39, 0.29) is 29.7 Å². The fourth-order valence-corrected chi connectivity index (χ4v) is 3.45. The first-order chi connectivity index (χ1) is 13.2. The van der Waals surface area contributed by atoms with Crippen LogP contribution >= 0.6 is 11.3 Å². The van der Waals surface area contributed by atoms with E-state index in [1.807, 2.05) is 50.4 Å². The summed E-state index contributed by atoms with van der Waals surface area (Å²) in [5.41, 5.74) is 2.66. The molecule has 0 saturated heterocycles. The molecule has 0 saturated carbocycles. The van der Waals surface area contributed by atoms with Gasteiger partial charge < -0.3 is 16.0 Å². The molecule has 0 aliphatic carbocycles. The largest absolute Gasteiger partial charge is 0.350 e. The Morgan fingerprint density at radius 2 is 1.57 bits per heavy atom. The van der Waals surface area contributed by atoms with Crippen LogP contribution in [-0.4, -0.2) is 28.7 Å². The lowest BCUT2D eigenvalue weighted by molar-refractivity contribution is -0.126. The molecule has 0 spiro atoms. The van der Waals surface area contributed by atoms with E-state index >= 15 is 0 Å². The molecule has 3 N–H and O–H groups in total. The molecule has 0 radical (unpaired) electrons. The molecule has 0 aliphatic rings. The molecule has 150 valence electrons. The predicted molar refractivity (Wildman–Crippen MR) is 111 cm³/mol. The lowest BCUT2D eigenvalue weighted by atomic mass is 10.0. The molecular formula is C20H26N4O3S. The minimum Gasteiger partial charge on any atom is -0.350 e. The molecule has 2 atom stereocenters. The summed E-state index contributed by atoms with van der Waals surface area (Å²) < 4.78 is 0. The molecule has 0 aliphatic heterocycles. The van der Waals surface area contributed by atoms with Gasteiger partial charge in [-0.25, -0.2) is 4.98 Å². The number of hydrogen-bond acceptors (Lipinski definition) is 5. The summed E-state index contributed by atoms with van der Waals surface area (Å²) in [7, 11) is 0. The minimum atomic E-state index is -0.612. The maximum absolute atomic E-state index is 12.4. The standard InChI is InChI=1S/C20H26N4O3S/c1-11(2)18(22-14(5)26)19(27)24-20-23-17(10-28-20)16-8-6-15(7-9-16)12(3)21-13(4)25/h6-12,18H,1-5H3,(H,21,25)(H,22,26)(H,23,24,27). The number of aromatic nitrogens is 1. The number of rotatable bonds is 7. The van der Waals surface area contributed by atoms with Crippen molar-refractivity contribution in [3.8, 4) is 11.3 Å². The number of nitrogens with one attached hydrogen (secondary N) is 3. The fraction of sp³-hybridized carbons (Fsp3) is 0.400. The average molecular weight is 403 g/mol. The lowest BCUT2D eigenvalue weighted by Crippen LogP contribution is -2.46. The third kappa shape index (κ3) is 5.88. The first-order valence-corrected chi connectivity index (χ1v) is 9.96. The quantitative estimate of drug-likeness (QED) is 0.662. The van der Waals surface area contributed by atoms with E-state index in [0.29, 0.717) is 5.13 Å². The van der Waals surface area contributed by atoms with Gasteiger partial charge in [0.05, 0.1) is 11.7 Å². The number of amides is 3. The summed E-state index contributed by atoms with van der Waals surface area (Å²) in [5.74, 6) is -0.648. The van der Waals surface area contributed by atoms with Gasteiger partial charge >= 0.3 is 0 Å². The predicted octanol–water partition coefficient (Wildman–Crippen LogP) is 3.11. The van der Waals surface area contributed by atoms with Crippen molar-refractivity contribution < 1.29 is 14.4 Å². The van der Waals surface area contributed by atoms with Crippen LogP contribution in [0.2, 0.25) is 0 Å². The Labute approximate surface area is 168 Å². The number of anilines is 1. The highest BCUT2D eigenvalue weighted by molar-refractivity contribution is 7.14. The van der Waals surface area contributed by atoms with Crippen molar-refractivity contribution in [3.05, 3.63) is 35.2 Å². The van der Waals surface area contributed by atoms with Gasteiger partial charge in [0.15, 0.2) is 5.13 Å². The van der Waals surface area contributed by atoms with Crippen molar-refractivity contribution in [2.75, 3.05) is 5.32 Å². The van der Waals surface area contributed by atoms with Crippen molar-refractivity contribution in [1.82, 2.24) is 15.6 Å². The van der Waals surface area contributed by atoms with Crippen LogP contribution in [0.3, 0.4) is 0 Å². The second kappa shape index (κ2) is 9.45. The van der Waals surface area contributed by atoms with Crippen LogP contribution in [0.5, 0.6) is 0 Å². The number of carbonyl (C=O) groups is 3. The molecular weight excluding hydrogens is 376 g/mol. The maximum atomic E-state index is 12.4. The number of thiazole rings is 1. The van der Waals surface area contributed by atoms with Crippen LogP contribution in [0.1, 0.15) is 46.2 Å². The van der Waals surface area contributed by atoms with Crippen LogP contribution in [-0.2, 0) is 14.4 Å². The zero-order chi connectivity index (χ0) is 20.8. The van der Waals surface area contributed by atoms with Gasteiger partial charge in [-0.05, 0) is 18.4 Å². The summed E-state index contributed by atoms with van der Waals surface area (Å²) in [6.45, 7) is 8.55. The smallest absolute Gasteiger partial charge is 0.248 e. The summed E-state index contributed by atoms with van der Waals surface area (Å²) in [6, 6.07) is 7.07. The topological polar surface area (TPSA) is 100 Å². The van der Waals surface area contributed by atoms with Gasteiger partial charge in [0.25, 0.3) is 0 Å². The first-order valence-electron chi connectivity index (χ1n) is 9.08. The number of hydrogen-bond donors (Lipinski definition) is 3. The van der Waals surface area contributed by atoms with E-state index < -0.39 is 6.04 Å². The van der Waals surface area contributed by atoms with E-state index in [4.69, 9.17) is 0 Å². The molecule has 8 heteroatoms. The molecule has 0 bridgehead atoms. The summed E-state index contributed by atoms with van der Waals surface area (Å²) in [4.78, 5) is 39.4. The summed E-state index contributed by atoms with van der Waals surface area (Å²) in [6.07, 6.45) is 0. The minimum absolute atomic E-state index is 0.0403. The zero-order valence-corrected chi connectivity index (χ0v) is 17.5. The van der Waals surface area contributed by atoms with Crippen LogP contribution in [0.4, 0.5) is 5.13 Å². The highest BCUT2D eigenvalue weighted by Crippen LogP contribution is 2.26. The van der Waals surface area contributed by atoms with Crippen LogP contribution in [0.15, 0.2) is 29.6 Å². The fourth-order valence-electron chi connectivity index (χ4n) is 2.73. The molecule has 3 amide bonds. The van der Waals surface area contributed by atoms with Gasteiger partial charge in [-0.15, -0.1) is 11.3 Å². The van der Waals surface area contributed by atoms with Gasteiger partial charge in [0, 0.05) is 24.8 Å². The Kier molecular flexibility index (Phi) is 7.28. The molecule has 1 aromatic heterocycles. The Hall–Kier alpha value is -2.74. The van der Waals surface area contributed by atoms with Gasteiger partial charge in [0.2, 0.25) is 17.7 Å². The van der Waals surface area contributed by atoms with Crippen molar-refractivity contribution >= 4 is 34.2 Å². The zero-order valence-electron chi connectivity index (χ0n) is 16.7. The number of benzene rings is 1.